The van der Waals surface area contributed by atoms with Crippen LogP contribution in [0.5, 0.6) is 0 Å². The first kappa shape index (κ1) is 30.4. The van der Waals surface area contributed by atoms with Crippen molar-refractivity contribution in [1.82, 2.24) is 4.90 Å². The molecule has 3 aromatic rings. The highest BCUT2D eigenvalue weighted by atomic mass is 19.4. The van der Waals surface area contributed by atoms with Crippen molar-refractivity contribution in [3.8, 4) is 0 Å². The van der Waals surface area contributed by atoms with Gasteiger partial charge in [0.2, 0.25) is 6.29 Å². The quantitative estimate of drug-likeness (QED) is 0.0848. The summed E-state index contributed by atoms with van der Waals surface area (Å²) in [5, 5.41) is 3.61. The van der Waals surface area contributed by atoms with E-state index in [1.807, 2.05) is 60.7 Å². The molecule has 9 nitrogen and oxygen atoms in total. The lowest BCUT2D eigenvalue weighted by atomic mass is 9.98. The number of hydrogen-bond acceptors (Lipinski definition) is 6. The number of alkyl halides is 3. The van der Waals surface area contributed by atoms with Gasteiger partial charge in [-0.15, -0.1) is 0 Å². The van der Waals surface area contributed by atoms with Crippen LogP contribution in [0.15, 0.2) is 101 Å². The van der Waals surface area contributed by atoms with Gasteiger partial charge >= 0.3 is 12.3 Å². The number of halogens is 3. The maximum Gasteiger partial charge on any atom is 0.468 e. The molecular formula is C30H30F3N5O4. The lowest BCUT2D eigenvalue weighted by Crippen LogP contribution is -2.52. The van der Waals surface area contributed by atoms with Crippen LogP contribution in [0.4, 0.5) is 23.7 Å². The largest absolute Gasteiger partial charge is 0.468 e. The van der Waals surface area contributed by atoms with Gasteiger partial charge in [-0.1, -0.05) is 84.0 Å². The molecule has 3 aromatic carbocycles. The Morgan fingerprint density at radius 2 is 1.60 bits per heavy atom. The van der Waals surface area contributed by atoms with Crippen LogP contribution in [-0.2, 0) is 27.4 Å². The molecule has 12 heteroatoms. The Balaban J connectivity index is 1.56. The van der Waals surface area contributed by atoms with E-state index in [9.17, 15) is 18.0 Å². The van der Waals surface area contributed by atoms with E-state index in [-0.39, 0.29) is 25.3 Å². The average molecular weight is 582 g/mol. The average Bonchev–Trinajstić information content (AvgIpc) is 3.00. The standard InChI is InChI=1S/C30H30F3N5O4/c1-21(38(19-22-11-5-2-6-12-22)29(39)40-20-23-13-7-3-8-14-23)26-18-17-25(36-37-34)27(41-26)42-28(30(31,32)33)35-24-15-9-4-10-16-24/h2-16,21,25-27H,17-20H2,1H3/b35-28+/t21-,25+,26-,27?/m0/s1. The number of hydrogen-bond donors (Lipinski definition) is 0. The van der Waals surface area contributed by atoms with Crippen molar-refractivity contribution in [2.45, 2.75) is 63.6 Å². The van der Waals surface area contributed by atoms with Gasteiger partial charge in [0, 0.05) is 11.5 Å². The SMILES string of the molecule is C[C@@H]([C@@H]1CC[C@@H](N=[N+]=[N-])C(O/C(=N/c2ccccc2)C(F)(F)F)O1)N(Cc1ccccc1)C(=O)OCc1ccccc1. The monoisotopic (exact) mass is 581 g/mol. The van der Waals surface area contributed by atoms with Crippen molar-refractivity contribution in [2.24, 2.45) is 10.1 Å². The van der Waals surface area contributed by atoms with Crippen molar-refractivity contribution >= 4 is 17.7 Å². The van der Waals surface area contributed by atoms with E-state index in [1.165, 1.54) is 17.0 Å². The highest BCUT2D eigenvalue weighted by Gasteiger charge is 2.44. The van der Waals surface area contributed by atoms with E-state index in [1.54, 1.807) is 25.1 Å². The number of benzene rings is 3. The van der Waals surface area contributed by atoms with Gasteiger partial charge in [0.15, 0.2) is 0 Å². The number of carbonyl (C=O) groups is 1. The second-order valence-corrected chi connectivity index (χ2v) is 9.65. The third kappa shape index (κ3) is 8.48. The Morgan fingerprint density at radius 1 is 1.00 bits per heavy atom. The Morgan fingerprint density at radius 3 is 2.19 bits per heavy atom. The molecule has 0 aromatic heterocycles. The molecule has 1 aliphatic heterocycles. The van der Waals surface area contributed by atoms with E-state index in [4.69, 9.17) is 19.7 Å². The van der Waals surface area contributed by atoms with Gasteiger partial charge in [0.25, 0.3) is 5.90 Å². The summed E-state index contributed by atoms with van der Waals surface area (Å²) in [6, 6.07) is 24.2. The van der Waals surface area contributed by atoms with Crippen molar-refractivity contribution in [3.05, 3.63) is 113 Å². The van der Waals surface area contributed by atoms with Crippen LogP contribution >= 0.6 is 0 Å². The van der Waals surface area contributed by atoms with Crippen LogP contribution < -0.4 is 0 Å². The molecule has 0 spiro atoms. The van der Waals surface area contributed by atoms with Crippen molar-refractivity contribution in [2.75, 3.05) is 0 Å². The van der Waals surface area contributed by atoms with Crippen LogP contribution in [0, 0.1) is 0 Å². The molecule has 220 valence electrons. The molecule has 1 aliphatic rings. The zero-order valence-corrected chi connectivity index (χ0v) is 22.8. The normalized spacial score (nSPS) is 19.7. The maximum absolute atomic E-state index is 13.9. The number of azide groups is 1. The van der Waals surface area contributed by atoms with Gasteiger partial charge in [-0.3, -0.25) is 4.90 Å². The fraction of sp³-hybridized carbons (Fsp3) is 0.333. The topological polar surface area (TPSA) is 109 Å². The van der Waals surface area contributed by atoms with E-state index in [2.05, 4.69) is 15.0 Å². The zero-order chi connectivity index (χ0) is 30.0. The van der Waals surface area contributed by atoms with Gasteiger partial charge in [0.05, 0.1) is 23.9 Å². The number of rotatable bonds is 9. The molecule has 1 unspecified atom stereocenters. The number of amides is 1. The molecule has 0 saturated carbocycles. The highest BCUT2D eigenvalue weighted by Crippen LogP contribution is 2.31. The predicted octanol–water partition coefficient (Wildman–Crippen LogP) is 7.71. The van der Waals surface area contributed by atoms with Gasteiger partial charge in [-0.25, -0.2) is 9.79 Å². The molecule has 1 heterocycles. The first-order valence-electron chi connectivity index (χ1n) is 13.3. The summed E-state index contributed by atoms with van der Waals surface area (Å²) in [6.07, 6.45) is -7.46. The van der Waals surface area contributed by atoms with Gasteiger partial charge in [0.1, 0.15) is 6.61 Å². The maximum atomic E-state index is 13.9. The number of nitrogens with zero attached hydrogens (tertiary/aromatic N) is 5. The summed E-state index contributed by atoms with van der Waals surface area (Å²) >= 11 is 0. The van der Waals surface area contributed by atoms with E-state index in [0.717, 1.165) is 11.1 Å². The summed E-state index contributed by atoms with van der Waals surface area (Å²) in [5.41, 5.74) is 10.7. The zero-order valence-electron chi connectivity index (χ0n) is 22.8. The second-order valence-electron chi connectivity index (χ2n) is 9.65. The molecule has 0 N–H and O–H groups in total. The van der Waals surface area contributed by atoms with E-state index >= 15 is 0 Å². The molecule has 42 heavy (non-hydrogen) atoms. The number of para-hydroxylation sites is 1. The highest BCUT2D eigenvalue weighted by molar-refractivity contribution is 5.84. The van der Waals surface area contributed by atoms with Gasteiger partial charge in [-0.05, 0) is 48.6 Å². The summed E-state index contributed by atoms with van der Waals surface area (Å²) in [6.45, 7) is 1.94. The number of ether oxygens (including phenoxy) is 3. The minimum atomic E-state index is -4.95. The molecule has 1 amide bonds. The Bertz CT molecular complexity index is 1370. The molecule has 4 rings (SSSR count). The molecule has 0 bridgehead atoms. The summed E-state index contributed by atoms with van der Waals surface area (Å²) in [7, 11) is 0. The molecule has 0 aliphatic carbocycles. The first-order chi connectivity index (χ1) is 20.2. The Hall–Kier alpha value is -4.54. The van der Waals surface area contributed by atoms with Crippen molar-refractivity contribution in [1.29, 1.82) is 0 Å². The van der Waals surface area contributed by atoms with Crippen molar-refractivity contribution in [3.63, 3.8) is 0 Å². The predicted molar refractivity (Wildman–Crippen MR) is 150 cm³/mol. The molecule has 1 fully saturated rings. The minimum Gasteiger partial charge on any atom is -0.445 e. The second kappa shape index (κ2) is 14.4. The third-order valence-electron chi connectivity index (χ3n) is 6.69. The van der Waals surface area contributed by atoms with Gasteiger partial charge in [-0.2, -0.15) is 13.2 Å². The Labute approximate surface area is 241 Å². The van der Waals surface area contributed by atoms with Crippen molar-refractivity contribution < 1.29 is 32.2 Å². The summed E-state index contributed by atoms with van der Waals surface area (Å²) in [5.74, 6) is -1.53. The Kier molecular flexibility index (Phi) is 10.4. The fourth-order valence-electron chi connectivity index (χ4n) is 4.49. The smallest absolute Gasteiger partial charge is 0.445 e. The summed E-state index contributed by atoms with van der Waals surface area (Å²) in [4.78, 5) is 21.2. The van der Waals surface area contributed by atoms with Gasteiger partial charge < -0.3 is 14.2 Å². The molecule has 0 radical (unpaired) electrons. The van der Waals surface area contributed by atoms with Crippen LogP contribution in [0.2, 0.25) is 0 Å². The molecular weight excluding hydrogens is 551 g/mol. The third-order valence-corrected chi connectivity index (χ3v) is 6.69. The van der Waals surface area contributed by atoms with Crippen LogP contribution in [0.1, 0.15) is 30.9 Å². The van der Waals surface area contributed by atoms with E-state index in [0.29, 0.717) is 6.42 Å². The number of aliphatic imine (C=N–C) groups is 1. The van der Waals surface area contributed by atoms with Crippen LogP contribution in [0.3, 0.4) is 0 Å². The van der Waals surface area contributed by atoms with Crippen LogP contribution in [-0.4, -0.2) is 47.5 Å². The number of carbonyl (C=O) groups excluding carboxylic acids is 1. The van der Waals surface area contributed by atoms with Crippen LogP contribution in [0.25, 0.3) is 10.4 Å². The lowest BCUT2D eigenvalue weighted by Gasteiger charge is -2.40. The fourth-order valence-corrected chi connectivity index (χ4v) is 4.49. The summed E-state index contributed by atoms with van der Waals surface area (Å²) < 4.78 is 58.7. The first-order valence-corrected chi connectivity index (χ1v) is 13.3. The minimum absolute atomic E-state index is 0.0288. The lowest BCUT2D eigenvalue weighted by molar-refractivity contribution is -0.193. The molecule has 4 atom stereocenters. The van der Waals surface area contributed by atoms with E-state index < -0.39 is 42.6 Å². The molecule has 1 saturated heterocycles.